The highest BCUT2D eigenvalue weighted by atomic mass is 32.2. The van der Waals surface area contributed by atoms with Gasteiger partial charge < -0.3 is 39.1 Å². The van der Waals surface area contributed by atoms with Gasteiger partial charge in [0.15, 0.2) is 33.1 Å². The van der Waals surface area contributed by atoms with Gasteiger partial charge in [-0.3, -0.25) is 47.9 Å². The number of hydrogen-bond donors (Lipinski definition) is 5. The van der Waals surface area contributed by atoms with Gasteiger partial charge in [-0.05, 0) is 214 Å². The Hall–Kier alpha value is -12.7. The van der Waals surface area contributed by atoms with Gasteiger partial charge in [0, 0.05) is 182 Å². The van der Waals surface area contributed by atoms with Gasteiger partial charge in [0.05, 0.1) is 31.5 Å². The molecular formula is C93H111F3N18O13S7. The maximum absolute atomic E-state index is 13.7. The minimum atomic E-state index is -3.76. The van der Waals surface area contributed by atoms with Crippen LogP contribution in [0.1, 0.15) is 91.8 Å². The van der Waals surface area contributed by atoms with Crippen LogP contribution in [0.25, 0.3) is 10.9 Å². The molecule has 5 fully saturated rings. The summed E-state index contributed by atoms with van der Waals surface area (Å²) in [6.07, 6.45) is 8.69. The van der Waals surface area contributed by atoms with Gasteiger partial charge in [-0.25, -0.2) is 71.8 Å². The van der Waals surface area contributed by atoms with E-state index in [0.29, 0.717) is 142 Å². The summed E-state index contributed by atoms with van der Waals surface area (Å²) in [5.74, 6) is -1.25. The molecule has 0 aliphatic carbocycles. The molecule has 0 bridgehead atoms. The molecule has 41 heteroatoms. The number of piperazine rings is 2. The van der Waals surface area contributed by atoms with E-state index in [9.17, 15) is 66.0 Å². The molecule has 5 aromatic heterocycles. The number of sulfonamides is 4. The van der Waals surface area contributed by atoms with E-state index in [1.807, 2.05) is 67.0 Å². The Balaban J connectivity index is 0.000000227. The summed E-state index contributed by atoms with van der Waals surface area (Å²) in [6, 6.07) is 54.5. The second kappa shape index (κ2) is 42.2. The molecule has 31 nitrogen and oxygen atoms in total. The SMILES string of the molecule is CC(C)c1cccc(OC2CCN(c3ccc(S(=O)(=O)Nc4nccs4)cc3)C2=O)c1.C[C@@H](c1ccc(F)c(F)c1)N1CCN([C@H]2CCN(c3ccc(S(=O)(=O)Nc4nccs4)cc3)C2=O)CC1.Cc1cc2ccccc2n1C(C)C(=O)N1CCN(c2ccc(S(=O)(=O)Nc3ccncn3)cc2)CC1.O=C(Nc1cccc(F)c1)C1CCN(c2ccc(S(=O)(=O)Nc3nccs3)cc2)C1.[HH].[HH].[HH].[HH].[HH].[HH].[HH]. The van der Waals surface area contributed by atoms with Gasteiger partial charge in [0.2, 0.25) is 17.7 Å². The van der Waals surface area contributed by atoms with Crippen LogP contribution in [-0.2, 0) is 59.3 Å². The Labute approximate surface area is 797 Å². The molecule has 0 spiro atoms. The van der Waals surface area contributed by atoms with Crippen molar-refractivity contribution >= 4 is 158 Å². The number of halogens is 3. The van der Waals surface area contributed by atoms with E-state index in [0.717, 1.165) is 45.2 Å². The van der Waals surface area contributed by atoms with E-state index in [1.54, 1.807) is 105 Å². The zero-order chi connectivity index (χ0) is 94.6. The molecule has 714 valence electrons. The van der Waals surface area contributed by atoms with Crippen molar-refractivity contribution in [1.82, 2.24) is 44.2 Å². The number of anilines is 9. The Morgan fingerprint density at radius 1 is 0.485 bits per heavy atom. The number of aryl methyl sites for hydroxylation is 1. The minimum absolute atomic E-state index is 0. The zero-order valence-electron chi connectivity index (χ0n) is 73.4. The zero-order valence-corrected chi connectivity index (χ0v) is 79.1. The average molecular weight is 1970 g/mol. The van der Waals surface area contributed by atoms with Crippen LogP contribution in [0.2, 0.25) is 0 Å². The summed E-state index contributed by atoms with van der Waals surface area (Å²) < 4.78 is 158. The number of carbonyl (C=O) groups excluding carboxylic acids is 4. The monoisotopic (exact) mass is 1970 g/mol. The number of amides is 4. The maximum Gasteiger partial charge on any atom is 0.268 e. The van der Waals surface area contributed by atoms with Crippen LogP contribution in [0.4, 0.5) is 62.8 Å². The average Bonchev–Trinajstić information content (AvgIpc) is 1.58. The molecular weight excluding hydrogens is 1860 g/mol. The summed E-state index contributed by atoms with van der Waals surface area (Å²) in [4.78, 5) is 85.8. The van der Waals surface area contributed by atoms with Crippen molar-refractivity contribution in [2.75, 3.05) is 122 Å². The Kier molecular flexibility index (Phi) is 30.2. The van der Waals surface area contributed by atoms with Crippen molar-refractivity contribution < 1.29 is 80.7 Å². The van der Waals surface area contributed by atoms with Crippen molar-refractivity contribution in [2.45, 2.75) is 104 Å². The topological polar surface area (TPSA) is 366 Å². The van der Waals surface area contributed by atoms with E-state index >= 15 is 0 Å². The van der Waals surface area contributed by atoms with Crippen LogP contribution in [0.15, 0.2) is 267 Å². The smallest absolute Gasteiger partial charge is 0.268 e. The molecule has 10 heterocycles. The molecule has 0 radical (unpaired) electrons. The molecule has 18 rings (SSSR count). The highest BCUT2D eigenvalue weighted by molar-refractivity contribution is 7.93. The molecule has 5 aliphatic heterocycles. The molecule has 5 aliphatic rings. The van der Waals surface area contributed by atoms with Crippen LogP contribution in [0.5, 0.6) is 5.75 Å². The first-order valence-electron chi connectivity index (χ1n) is 43.0. The first kappa shape index (κ1) is 95.9. The molecule has 3 unspecified atom stereocenters. The number of aromatic nitrogens is 6. The first-order valence-corrected chi connectivity index (χ1v) is 51.6. The molecule has 13 aromatic rings. The normalized spacial score (nSPS) is 17.2. The van der Waals surface area contributed by atoms with Crippen LogP contribution in [0.3, 0.4) is 0 Å². The van der Waals surface area contributed by atoms with Gasteiger partial charge in [0.25, 0.3) is 46.0 Å². The largest absolute Gasteiger partial charge is 0.481 e. The van der Waals surface area contributed by atoms with Crippen molar-refractivity contribution in [3.05, 3.63) is 282 Å². The van der Waals surface area contributed by atoms with Gasteiger partial charge in [-0.1, -0.05) is 56.3 Å². The third-order valence-corrected chi connectivity index (χ3v) is 31.4. The quantitative estimate of drug-likeness (QED) is 0.0336. The molecule has 8 aromatic carbocycles. The van der Waals surface area contributed by atoms with Crippen LogP contribution >= 0.6 is 34.0 Å². The number of hydrogen-bond acceptors (Lipinski definition) is 25. The summed E-state index contributed by atoms with van der Waals surface area (Å²) in [7, 11) is -14.9. The molecule has 5 saturated heterocycles. The number of benzene rings is 8. The number of ether oxygens (including phenoxy) is 1. The lowest BCUT2D eigenvalue weighted by molar-refractivity contribution is -0.134. The van der Waals surface area contributed by atoms with Crippen molar-refractivity contribution in [3.63, 3.8) is 0 Å². The van der Waals surface area contributed by atoms with E-state index in [4.69, 9.17) is 4.74 Å². The summed E-state index contributed by atoms with van der Waals surface area (Å²) in [5.41, 5.74) is 7.50. The fourth-order valence-electron chi connectivity index (χ4n) is 16.4. The van der Waals surface area contributed by atoms with Crippen molar-refractivity contribution in [2.24, 2.45) is 5.92 Å². The van der Waals surface area contributed by atoms with Gasteiger partial charge in [-0.2, -0.15) is 0 Å². The number of carbonyl (C=O) groups is 4. The number of fused-ring (bicyclic) bond motifs is 1. The van der Waals surface area contributed by atoms with E-state index < -0.39 is 63.6 Å². The van der Waals surface area contributed by atoms with Gasteiger partial charge in [-0.15, -0.1) is 34.0 Å². The molecule has 4 amide bonds. The number of nitrogens with one attached hydrogen (secondary N) is 5. The van der Waals surface area contributed by atoms with Crippen molar-refractivity contribution in [1.29, 1.82) is 0 Å². The predicted molar refractivity (Wildman–Crippen MR) is 528 cm³/mol. The first-order chi connectivity index (χ1) is 64.3. The summed E-state index contributed by atoms with van der Waals surface area (Å²) >= 11 is 3.60. The Morgan fingerprint density at radius 2 is 1.02 bits per heavy atom. The van der Waals surface area contributed by atoms with Crippen LogP contribution in [0, 0.1) is 30.3 Å². The Bertz CT molecular complexity index is 6800. The Morgan fingerprint density at radius 3 is 1.56 bits per heavy atom. The minimum Gasteiger partial charge on any atom is -0.481 e. The lowest BCUT2D eigenvalue weighted by Crippen LogP contribution is -2.52. The number of nitrogens with zero attached hydrogens (tertiary/aromatic N) is 13. The lowest BCUT2D eigenvalue weighted by Gasteiger charge is -2.40. The fraction of sp³-hybridized carbons (Fsp3) is 0.280. The highest BCUT2D eigenvalue weighted by Crippen LogP contribution is 2.35. The second-order valence-corrected chi connectivity index (χ2v) is 41.9. The van der Waals surface area contributed by atoms with E-state index in [1.165, 1.54) is 126 Å². The number of para-hydroxylation sites is 1. The van der Waals surface area contributed by atoms with Gasteiger partial charge in [0.1, 0.15) is 29.8 Å². The highest BCUT2D eigenvalue weighted by Gasteiger charge is 2.40. The van der Waals surface area contributed by atoms with E-state index in [2.05, 4.69) is 100 Å². The number of thiazole rings is 3. The molecule has 5 atom stereocenters. The third-order valence-electron chi connectivity index (χ3n) is 23.6. The predicted octanol–water partition coefficient (Wildman–Crippen LogP) is 16.7. The molecule has 5 N–H and O–H groups in total. The van der Waals surface area contributed by atoms with Crippen LogP contribution in [-0.4, -0.2) is 192 Å². The third kappa shape index (κ3) is 23.4. The standard InChI is InChI=1S/C26H28N6O3S.C25H27F2N5O3S2.C22H23N3O4S2.C20H19FN4O3S2.7H2/c1-19-17-21-5-3-4-6-24(21)32(19)20(2)26(33)31-15-13-30(14-16-31)22-7-9-23(10-8-22)36(34,35)29-25-11-12-27-18-28-25;1-17(18-2-7-21(26)22(27)16-18)30-11-13-31(14-12-30)23-8-10-32(24(23)33)19-3-5-20(6-4-19)37(34,35)29-25-28-9-15-36-25;1-15(2)16-4-3-5-18(14-16)29-20-10-12-25(21(20)26)17-6-8-19(9-7-17)31(27,28)24-22-23-11-13-30-22;21-15-2-1-3-16(12-15)23-19(26)14-8-10-25(13-14)17-4-6-18(7-5-17)30(27,28)24-20-22-9-11-29-20;;;;;;;/h3-12,17-18,20H,13-16H2,1-2H3,(H,27,28,29);2-7,9,15-17,23H,8,10-14H2,1H3,(H,28,29);3-9,11,13-15,20H,10,12H2,1-2H3,(H,23,24);1-7,9,11-12,14H,8,10,13H2,(H,22,24)(H,23,26);7*1H/t;17-,23-;;;;;;;;;/m.0........./s1. The second-order valence-electron chi connectivity index (χ2n) is 32.5. The van der Waals surface area contributed by atoms with Crippen molar-refractivity contribution in [3.8, 4) is 5.75 Å². The summed E-state index contributed by atoms with van der Waals surface area (Å²) in [6.45, 7) is 17.8. The number of rotatable bonds is 26. The maximum atomic E-state index is 13.7. The van der Waals surface area contributed by atoms with E-state index in [-0.39, 0.29) is 83.1 Å². The van der Waals surface area contributed by atoms with Gasteiger partial charge >= 0.3 is 0 Å². The lowest BCUT2D eigenvalue weighted by atomic mass is 10.0. The fourth-order valence-corrected chi connectivity index (χ4v) is 22.8. The summed E-state index contributed by atoms with van der Waals surface area (Å²) in [5, 5.41) is 9.86. The van der Waals surface area contributed by atoms with Crippen LogP contribution < -0.4 is 48.5 Å². The molecule has 0 saturated carbocycles. The molecule has 134 heavy (non-hydrogen) atoms.